The molecule has 1 aliphatic carbocycles. The maximum absolute atomic E-state index is 12.3. The molecule has 5 heteroatoms. The minimum Gasteiger partial charge on any atom is -0.371 e. The lowest BCUT2D eigenvalue weighted by Gasteiger charge is -2.24. The van der Waals surface area contributed by atoms with E-state index in [0.29, 0.717) is 5.92 Å². The summed E-state index contributed by atoms with van der Waals surface area (Å²) in [7, 11) is 0. The smallest absolute Gasteiger partial charge is 0.240 e. The van der Waals surface area contributed by atoms with E-state index in [4.69, 9.17) is 5.73 Å². The number of rotatable bonds is 4. The van der Waals surface area contributed by atoms with E-state index in [1.807, 2.05) is 6.07 Å². The highest BCUT2D eigenvalue weighted by Gasteiger charge is 2.37. The van der Waals surface area contributed by atoms with Crippen molar-refractivity contribution in [3.8, 4) is 0 Å². The Balaban J connectivity index is 1.50. The summed E-state index contributed by atoms with van der Waals surface area (Å²) in [6, 6.07) is 8.39. The van der Waals surface area contributed by atoms with Gasteiger partial charge in [0.25, 0.3) is 0 Å². The van der Waals surface area contributed by atoms with Crippen LogP contribution in [0.4, 0.5) is 5.69 Å². The van der Waals surface area contributed by atoms with Crippen molar-refractivity contribution in [3.05, 3.63) is 28.7 Å². The molecule has 1 aromatic carbocycles. The van der Waals surface area contributed by atoms with Crippen LogP contribution in [0.2, 0.25) is 0 Å². The van der Waals surface area contributed by atoms with E-state index < -0.39 is 5.54 Å². The maximum Gasteiger partial charge on any atom is 0.240 e. The van der Waals surface area contributed by atoms with Crippen LogP contribution in [0, 0.1) is 5.92 Å². The predicted octanol–water partition coefficient (Wildman–Crippen LogP) is 2.66. The fourth-order valence-corrected chi connectivity index (χ4v) is 3.94. The average Bonchev–Trinajstić information content (AvgIpc) is 3.14. The molecule has 3 rings (SSSR count). The van der Waals surface area contributed by atoms with Crippen LogP contribution in [0.5, 0.6) is 0 Å². The summed E-state index contributed by atoms with van der Waals surface area (Å²) in [5.41, 5.74) is 6.83. The van der Waals surface area contributed by atoms with Crippen molar-refractivity contribution in [1.29, 1.82) is 0 Å². The van der Waals surface area contributed by atoms with Gasteiger partial charge in [-0.15, -0.1) is 0 Å². The lowest BCUT2D eigenvalue weighted by atomic mass is 9.97. The molecule has 1 unspecified atom stereocenters. The number of carbonyl (C=O) groups is 1. The molecule has 0 spiro atoms. The second-order valence-electron chi connectivity index (χ2n) is 6.65. The molecular formula is C17H24BrN3O. The summed E-state index contributed by atoms with van der Waals surface area (Å²) in [4.78, 5) is 14.6. The Morgan fingerprint density at radius 2 is 2.18 bits per heavy atom. The van der Waals surface area contributed by atoms with Gasteiger partial charge in [0, 0.05) is 29.8 Å². The average molecular weight is 366 g/mol. The summed E-state index contributed by atoms with van der Waals surface area (Å²) in [6.07, 6.45) is 4.92. The molecule has 1 heterocycles. The number of amides is 1. The molecule has 0 radical (unpaired) electrons. The molecule has 1 atom stereocenters. The van der Waals surface area contributed by atoms with Crippen LogP contribution in [0.3, 0.4) is 0 Å². The van der Waals surface area contributed by atoms with E-state index in [0.717, 1.165) is 56.2 Å². The molecule has 2 fully saturated rings. The van der Waals surface area contributed by atoms with Crippen LogP contribution in [-0.4, -0.2) is 31.1 Å². The number of halogens is 1. The third kappa shape index (κ3) is 3.46. The molecular weight excluding hydrogens is 342 g/mol. The Kier molecular flexibility index (Phi) is 4.73. The fraction of sp³-hybridized carbons (Fsp3) is 0.588. The second-order valence-corrected chi connectivity index (χ2v) is 7.57. The fourth-order valence-electron chi connectivity index (χ4n) is 3.55. The number of nitrogens with one attached hydrogen (secondary N) is 1. The number of benzene rings is 1. The molecule has 0 bridgehead atoms. The van der Waals surface area contributed by atoms with Gasteiger partial charge in [0.1, 0.15) is 0 Å². The lowest BCUT2D eigenvalue weighted by molar-refractivity contribution is -0.126. The molecule has 1 aromatic rings. The minimum absolute atomic E-state index is 0.0471. The molecule has 3 N–H and O–H groups in total. The molecule has 1 saturated carbocycles. The molecule has 2 aliphatic rings. The van der Waals surface area contributed by atoms with Gasteiger partial charge in [0.15, 0.2) is 0 Å². The SMILES string of the molecule is NC1(C(=O)NCC2CCN(c3cccc(Br)c3)C2)CCCC1. The van der Waals surface area contributed by atoms with Gasteiger partial charge in [0.2, 0.25) is 5.91 Å². The van der Waals surface area contributed by atoms with Gasteiger partial charge in [-0.1, -0.05) is 34.8 Å². The monoisotopic (exact) mass is 365 g/mol. The van der Waals surface area contributed by atoms with E-state index in [-0.39, 0.29) is 5.91 Å². The Hall–Kier alpha value is -1.07. The zero-order valence-electron chi connectivity index (χ0n) is 12.9. The first-order valence-corrected chi connectivity index (χ1v) is 8.94. The minimum atomic E-state index is -0.609. The molecule has 0 aromatic heterocycles. The predicted molar refractivity (Wildman–Crippen MR) is 92.9 cm³/mol. The van der Waals surface area contributed by atoms with Gasteiger partial charge in [-0.3, -0.25) is 4.79 Å². The van der Waals surface area contributed by atoms with Crippen molar-refractivity contribution in [1.82, 2.24) is 5.32 Å². The molecule has 22 heavy (non-hydrogen) atoms. The summed E-state index contributed by atoms with van der Waals surface area (Å²) in [5.74, 6) is 0.554. The van der Waals surface area contributed by atoms with E-state index in [1.54, 1.807) is 0 Å². The zero-order chi connectivity index (χ0) is 15.6. The highest BCUT2D eigenvalue weighted by atomic mass is 79.9. The topological polar surface area (TPSA) is 58.4 Å². The van der Waals surface area contributed by atoms with Crippen molar-refractivity contribution in [2.75, 3.05) is 24.5 Å². The van der Waals surface area contributed by atoms with Crippen LogP contribution in [0.15, 0.2) is 28.7 Å². The van der Waals surface area contributed by atoms with Gasteiger partial charge in [-0.25, -0.2) is 0 Å². The number of nitrogens with two attached hydrogens (primary N) is 1. The van der Waals surface area contributed by atoms with Gasteiger partial charge >= 0.3 is 0 Å². The molecule has 4 nitrogen and oxygen atoms in total. The van der Waals surface area contributed by atoms with Crippen molar-refractivity contribution in [3.63, 3.8) is 0 Å². The highest BCUT2D eigenvalue weighted by Crippen LogP contribution is 2.28. The van der Waals surface area contributed by atoms with Crippen LogP contribution in [0.25, 0.3) is 0 Å². The third-order valence-corrected chi connectivity index (χ3v) is 5.45. The quantitative estimate of drug-likeness (QED) is 0.862. The lowest BCUT2D eigenvalue weighted by Crippen LogP contribution is -2.52. The van der Waals surface area contributed by atoms with Crippen LogP contribution in [-0.2, 0) is 4.79 Å². The first-order valence-electron chi connectivity index (χ1n) is 8.14. The molecule has 1 amide bonds. The normalized spacial score (nSPS) is 23.7. The van der Waals surface area contributed by atoms with Gasteiger partial charge in [-0.05, 0) is 43.4 Å². The third-order valence-electron chi connectivity index (χ3n) is 4.96. The van der Waals surface area contributed by atoms with E-state index >= 15 is 0 Å². The summed E-state index contributed by atoms with van der Waals surface area (Å²) in [6.45, 7) is 2.78. The number of nitrogens with zero attached hydrogens (tertiary/aromatic N) is 1. The molecule has 1 saturated heterocycles. The standard InChI is InChI=1S/C17H24BrN3O/c18-14-4-3-5-15(10-14)21-9-6-13(12-21)11-20-16(22)17(19)7-1-2-8-17/h3-5,10,13H,1-2,6-9,11-12,19H2,(H,20,22). The molecule has 1 aliphatic heterocycles. The number of anilines is 1. The van der Waals surface area contributed by atoms with Crippen LogP contribution < -0.4 is 16.0 Å². The first kappa shape index (κ1) is 15.8. The van der Waals surface area contributed by atoms with Crippen LogP contribution in [0.1, 0.15) is 32.1 Å². The Morgan fingerprint density at radius 1 is 1.41 bits per heavy atom. The number of hydrogen-bond acceptors (Lipinski definition) is 3. The van der Waals surface area contributed by atoms with Crippen molar-refractivity contribution in [2.45, 2.75) is 37.6 Å². The van der Waals surface area contributed by atoms with E-state index in [9.17, 15) is 4.79 Å². The largest absolute Gasteiger partial charge is 0.371 e. The van der Waals surface area contributed by atoms with Crippen molar-refractivity contribution >= 4 is 27.5 Å². The Morgan fingerprint density at radius 3 is 2.91 bits per heavy atom. The zero-order valence-corrected chi connectivity index (χ0v) is 14.4. The first-order chi connectivity index (χ1) is 10.6. The summed E-state index contributed by atoms with van der Waals surface area (Å²) >= 11 is 3.52. The number of hydrogen-bond donors (Lipinski definition) is 2. The van der Waals surface area contributed by atoms with Crippen molar-refractivity contribution < 1.29 is 4.79 Å². The Bertz CT molecular complexity index is 542. The van der Waals surface area contributed by atoms with Crippen LogP contribution >= 0.6 is 15.9 Å². The van der Waals surface area contributed by atoms with Gasteiger partial charge in [-0.2, -0.15) is 0 Å². The summed E-state index contributed by atoms with van der Waals surface area (Å²) in [5, 5.41) is 3.09. The van der Waals surface area contributed by atoms with Gasteiger partial charge in [0.05, 0.1) is 5.54 Å². The Labute approximate surface area is 140 Å². The number of carbonyl (C=O) groups excluding carboxylic acids is 1. The summed E-state index contributed by atoms with van der Waals surface area (Å²) < 4.78 is 1.10. The van der Waals surface area contributed by atoms with E-state index in [2.05, 4.69) is 44.3 Å². The maximum atomic E-state index is 12.3. The van der Waals surface area contributed by atoms with Gasteiger partial charge < -0.3 is 16.0 Å². The molecule has 120 valence electrons. The second kappa shape index (κ2) is 6.59. The van der Waals surface area contributed by atoms with E-state index in [1.165, 1.54) is 5.69 Å². The van der Waals surface area contributed by atoms with Crippen molar-refractivity contribution in [2.24, 2.45) is 11.7 Å². The highest BCUT2D eigenvalue weighted by molar-refractivity contribution is 9.10.